The summed E-state index contributed by atoms with van der Waals surface area (Å²) in [4.78, 5) is 11.5. The fourth-order valence-electron chi connectivity index (χ4n) is 1.14. The van der Waals surface area contributed by atoms with Gasteiger partial charge in [-0.3, -0.25) is 0 Å². The summed E-state index contributed by atoms with van der Waals surface area (Å²) in [5.74, 6) is 0.886. The number of nitrogens with one attached hydrogen (secondary N) is 1. The zero-order valence-corrected chi connectivity index (χ0v) is 10.3. The molecule has 0 heterocycles. The number of carbonyl (C=O) groups is 1. The van der Waals surface area contributed by atoms with E-state index < -0.39 is 11.6 Å². The van der Waals surface area contributed by atoms with Crippen LogP contribution in [0, 0.1) is 0 Å². The number of nitrogens with two attached hydrogens (primary N) is 1. The summed E-state index contributed by atoms with van der Waals surface area (Å²) in [5.41, 5.74) is 5.27. The molecular weight excluding hydrogens is 220 g/mol. The largest absolute Gasteiger partial charge is 0.493 e. The Morgan fingerprint density at radius 2 is 1.94 bits per heavy atom. The van der Waals surface area contributed by atoms with Gasteiger partial charge < -0.3 is 20.5 Å². The van der Waals surface area contributed by atoms with Crippen molar-refractivity contribution in [3.63, 3.8) is 0 Å². The molecule has 0 saturated heterocycles. The van der Waals surface area contributed by atoms with Crippen LogP contribution in [0.3, 0.4) is 0 Å². The Kier molecular flexibility index (Phi) is 4.34. The van der Waals surface area contributed by atoms with Gasteiger partial charge in [0, 0.05) is 12.1 Å². The van der Waals surface area contributed by atoms with Crippen molar-refractivity contribution in [1.29, 1.82) is 0 Å². The van der Waals surface area contributed by atoms with E-state index in [4.69, 9.17) is 15.2 Å². The highest BCUT2D eigenvalue weighted by atomic mass is 16.6. The van der Waals surface area contributed by atoms with Crippen molar-refractivity contribution in [3.8, 4) is 11.5 Å². The number of hydrogen-bond acceptors (Lipinski definition) is 4. The van der Waals surface area contributed by atoms with E-state index in [1.54, 1.807) is 24.3 Å². The number of amides is 1. The van der Waals surface area contributed by atoms with Crippen molar-refractivity contribution in [3.05, 3.63) is 24.3 Å². The van der Waals surface area contributed by atoms with Gasteiger partial charge in [0.1, 0.15) is 0 Å². The van der Waals surface area contributed by atoms with Crippen LogP contribution >= 0.6 is 0 Å². The van der Waals surface area contributed by atoms with Crippen LogP contribution in [0.2, 0.25) is 0 Å². The van der Waals surface area contributed by atoms with Crippen LogP contribution in [-0.4, -0.2) is 25.3 Å². The quantitative estimate of drug-likeness (QED) is 0.834. The van der Waals surface area contributed by atoms with Gasteiger partial charge >= 0.3 is 6.09 Å². The third-order valence-electron chi connectivity index (χ3n) is 1.96. The highest BCUT2D eigenvalue weighted by Crippen LogP contribution is 2.25. The van der Waals surface area contributed by atoms with E-state index >= 15 is 0 Å². The lowest BCUT2D eigenvalue weighted by atomic mass is 10.1. The van der Waals surface area contributed by atoms with Crippen molar-refractivity contribution in [2.24, 2.45) is 5.73 Å². The second kappa shape index (κ2) is 5.54. The van der Waals surface area contributed by atoms with Crippen molar-refractivity contribution < 1.29 is 14.3 Å². The monoisotopic (exact) mass is 238 g/mol. The number of para-hydroxylation sites is 2. The summed E-state index contributed by atoms with van der Waals surface area (Å²) < 4.78 is 10.2. The first kappa shape index (κ1) is 13.3. The van der Waals surface area contributed by atoms with Gasteiger partial charge in [-0.15, -0.1) is 0 Å². The van der Waals surface area contributed by atoms with Gasteiger partial charge in [0.05, 0.1) is 7.11 Å². The summed E-state index contributed by atoms with van der Waals surface area (Å²) >= 11 is 0. The number of ether oxygens (including phenoxy) is 2. The van der Waals surface area contributed by atoms with E-state index in [0.29, 0.717) is 18.0 Å². The van der Waals surface area contributed by atoms with Crippen LogP contribution in [0.25, 0.3) is 0 Å². The Hall–Kier alpha value is -1.75. The predicted molar refractivity (Wildman–Crippen MR) is 65.3 cm³/mol. The molecule has 0 aliphatic heterocycles. The molecule has 0 unspecified atom stereocenters. The first-order valence-corrected chi connectivity index (χ1v) is 5.30. The average Bonchev–Trinajstić information content (AvgIpc) is 2.26. The highest BCUT2D eigenvalue weighted by molar-refractivity contribution is 5.71. The third kappa shape index (κ3) is 4.74. The molecule has 5 nitrogen and oxygen atoms in total. The molecule has 94 valence electrons. The SMILES string of the molecule is COc1ccccc1OC(=O)NCC(C)(C)N. The molecule has 0 aromatic heterocycles. The topological polar surface area (TPSA) is 73.6 Å². The minimum Gasteiger partial charge on any atom is -0.493 e. The molecule has 0 spiro atoms. The number of methoxy groups -OCH3 is 1. The summed E-state index contributed by atoms with van der Waals surface area (Å²) in [7, 11) is 1.52. The Morgan fingerprint density at radius 1 is 1.35 bits per heavy atom. The molecule has 5 heteroatoms. The summed E-state index contributed by atoms with van der Waals surface area (Å²) in [6, 6.07) is 6.94. The van der Waals surface area contributed by atoms with Gasteiger partial charge in [-0.05, 0) is 26.0 Å². The molecule has 0 radical (unpaired) electrons. The van der Waals surface area contributed by atoms with E-state index in [1.165, 1.54) is 7.11 Å². The Bertz CT molecular complexity index is 386. The van der Waals surface area contributed by atoms with Gasteiger partial charge in [0.2, 0.25) is 0 Å². The third-order valence-corrected chi connectivity index (χ3v) is 1.96. The lowest BCUT2D eigenvalue weighted by Gasteiger charge is -2.18. The number of hydrogen-bond donors (Lipinski definition) is 2. The fourth-order valence-corrected chi connectivity index (χ4v) is 1.14. The average molecular weight is 238 g/mol. The Morgan fingerprint density at radius 3 is 2.47 bits per heavy atom. The van der Waals surface area contributed by atoms with Crippen molar-refractivity contribution in [1.82, 2.24) is 5.32 Å². The molecule has 1 rings (SSSR count). The van der Waals surface area contributed by atoms with Gasteiger partial charge in [0.25, 0.3) is 0 Å². The van der Waals surface area contributed by atoms with Crippen LogP contribution in [0.15, 0.2) is 24.3 Å². The maximum absolute atomic E-state index is 11.5. The van der Waals surface area contributed by atoms with Gasteiger partial charge in [-0.2, -0.15) is 0 Å². The van der Waals surface area contributed by atoms with Crippen molar-refractivity contribution in [2.45, 2.75) is 19.4 Å². The van der Waals surface area contributed by atoms with E-state index in [9.17, 15) is 4.79 Å². The summed E-state index contributed by atoms with van der Waals surface area (Å²) in [6.45, 7) is 3.97. The van der Waals surface area contributed by atoms with Gasteiger partial charge in [0.15, 0.2) is 11.5 Å². The standard InChI is InChI=1S/C12H18N2O3/c1-12(2,13)8-14-11(15)17-10-7-5-4-6-9(10)16-3/h4-7H,8,13H2,1-3H3,(H,14,15). The zero-order chi connectivity index (χ0) is 12.9. The number of benzene rings is 1. The van der Waals surface area contributed by atoms with E-state index in [0.717, 1.165) is 0 Å². The smallest absolute Gasteiger partial charge is 0.412 e. The summed E-state index contributed by atoms with van der Waals surface area (Å²) in [5, 5.41) is 2.58. The Labute approximate surface area is 101 Å². The fraction of sp³-hybridized carbons (Fsp3) is 0.417. The normalized spacial score (nSPS) is 10.8. The predicted octanol–water partition coefficient (Wildman–Crippen LogP) is 1.52. The zero-order valence-electron chi connectivity index (χ0n) is 10.3. The van der Waals surface area contributed by atoms with E-state index in [-0.39, 0.29) is 0 Å². The maximum atomic E-state index is 11.5. The second-order valence-corrected chi connectivity index (χ2v) is 4.38. The lowest BCUT2D eigenvalue weighted by Crippen LogP contribution is -2.45. The van der Waals surface area contributed by atoms with Crippen LogP contribution in [0.1, 0.15) is 13.8 Å². The minimum absolute atomic E-state index is 0.334. The van der Waals surface area contributed by atoms with Gasteiger partial charge in [-0.1, -0.05) is 12.1 Å². The van der Waals surface area contributed by atoms with Crippen molar-refractivity contribution >= 4 is 6.09 Å². The van der Waals surface area contributed by atoms with E-state index in [1.807, 2.05) is 13.8 Å². The van der Waals surface area contributed by atoms with Crippen LogP contribution < -0.4 is 20.5 Å². The van der Waals surface area contributed by atoms with E-state index in [2.05, 4.69) is 5.32 Å². The number of rotatable bonds is 4. The lowest BCUT2D eigenvalue weighted by molar-refractivity contribution is 0.196. The molecule has 0 aliphatic carbocycles. The molecule has 0 saturated carbocycles. The van der Waals surface area contributed by atoms with Crippen LogP contribution in [-0.2, 0) is 0 Å². The molecule has 0 fully saturated rings. The molecule has 0 bridgehead atoms. The second-order valence-electron chi connectivity index (χ2n) is 4.38. The van der Waals surface area contributed by atoms with Gasteiger partial charge in [-0.25, -0.2) is 4.79 Å². The van der Waals surface area contributed by atoms with Crippen molar-refractivity contribution in [2.75, 3.05) is 13.7 Å². The maximum Gasteiger partial charge on any atom is 0.412 e. The number of carbonyl (C=O) groups excluding carboxylic acids is 1. The molecule has 17 heavy (non-hydrogen) atoms. The molecule has 1 aromatic rings. The molecule has 0 atom stereocenters. The first-order chi connectivity index (χ1) is 7.92. The molecule has 3 N–H and O–H groups in total. The molecule has 0 aliphatic rings. The van der Waals surface area contributed by atoms with Crippen LogP contribution in [0.5, 0.6) is 11.5 Å². The molecule has 1 aromatic carbocycles. The minimum atomic E-state index is -0.548. The highest BCUT2D eigenvalue weighted by Gasteiger charge is 2.14. The molecular formula is C12H18N2O3. The first-order valence-electron chi connectivity index (χ1n) is 5.30. The molecule has 1 amide bonds. The summed E-state index contributed by atoms with van der Waals surface area (Å²) in [6.07, 6.45) is -0.548. The Balaban J connectivity index is 2.56. The van der Waals surface area contributed by atoms with Crippen LogP contribution in [0.4, 0.5) is 4.79 Å².